The average Bonchev–Trinajstić information content (AvgIpc) is 2.27. The first-order valence-corrected chi connectivity index (χ1v) is 7.66. The van der Waals surface area contributed by atoms with E-state index >= 15 is 0 Å². The zero-order valence-electron chi connectivity index (χ0n) is 12.8. The molecule has 18 heavy (non-hydrogen) atoms. The van der Waals surface area contributed by atoms with Crippen LogP contribution in [0.4, 0.5) is 0 Å². The summed E-state index contributed by atoms with van der Waals surface area (Å²) in [4.78, 5) is 0. The van der Waals surface area contributed by atoms with Gasteiger partial charge in [0.25, 0.3) is 7.41 Å². The third-order valence-electron chi connectivity index (χ3n) is 3.60. The van der Waals surface area contributed by atoms with Crippen molar-refractivity contribution in [1.29, 1.82) is 5.26 Å². The molecule has 0 aliphatic carbocycles. The van der Waals surface area contributed by atoms with Crippen LogP contribution in [-0.4, -0.2) is 43.7 Å². The Balaban J connectivity index is 3.48. The van der Waals surface area contributed by atoms with Gasteiger partial charge in [0.05, 0.1) is 12.6 Å². The van der Waals surface area contributed by atoms with Gasteiger partial charge in [0.1, 0.15) is 0 Å². The first-order valence-electron chi connectivity index (χ1n) is 7.66. The highest BCUT2D eigenvalue weighted by Gasteiger charge is 2.14. The zero-order chi connectivity index (χ0) is 13.9. The Kier molecular flexibility index (Phi) is 10.1. The number of nitriles is 1. The minimum atomic E-state index is -0.631. The van der Waals surface area contributed by atoms with Crippen LogP contribution in [0.15, 0.2) is 0 Å². The van der Waals surface area contributed by atoms with E-state index in [1.807, 2.05) is 0 Å². The Hall–Kier alpha value is -0.525. The quantitative estimate of drug-likeness (QED) is 0.453. The summed E-state index contributed by atoms with van der Waals surface area (Å²) in [6.45, 7) is 2.98. The van der Waals surface area contributed by atoms with E-state index in [1.54, 1.807) is 0 Å². The fourth-order valence-electron chi connectivity index (χ4n) is 2.42. The molecule has 0 aromatic rings. The maximum Gasteiger partial charge on any atom is 0.281 e. The molecule has 0 saturated heterocycles. The lowest BCUT2D eigenvalue weighted by Crippen LogP contribution is -2.47. The molecule has 1 atom stereocenters. The summed E-state index contributed by atoms with van der Waals surface area (Å²) in [5.74, 6) is 2.30. The second-order valence-corrected chi connectivity index (χ2v) is 6.48. The molecule has 1 unspecified atom stereocenters. The van der Waals surface area contributed by atoms with Gasteiger partial charge >= 0.3 is 0 Å². The van der Waals surface area contributed by atoms with E-state index in [1.165, 1.54) is 38.5 Å². The molecule has 0 saturated carbocycles. The molecule has 0 aromatic carbocycles. The van der Waals surface area contributed by atoms with Gasteiger partial charge in [-0.25, -0.2) is 5.26 Å². The van der Waals surface area contributed by atoms with Crippen molar-refractivity contribution in [2.75, 3.05) is 20.6 Å². The second-order valence-electron chi connectivity index (χ2n) is 6.48. The average molecular weight is 254 g/mol. The number of likely N-dealkylation sites (N-methyl/N-ethyl adjacent to an activating group) is 1. The van der Waals surface area contributed by atoms with Crippen LogP contribution < -0.4 is 0 Å². The van der Waals surface area contributed by atoms with E-state index in [-0.39, 0.29) is 6.10 Å². The van der Waals surface area contributed by atoms with Gasteiger partial charge in [-0.1, -0.05) is 57.8 Å². The van der Waals surface area contributed by atoms with E-state index in [9.17, 15) is 5.11 Å². The molecule has 0 fully saturated rings. The van der Waals surface area contributed by atoms with E-state index in [2.05, 4.69) is 27.0 Å². The lowest BCUT2D eigenvalue weighted by Gasteiger charge is -2.38. The van der Waals surface area contributed by atoms with Crippen molar-refractivity contribution in [3.05, 3.63) is 0 Å². The van der Waals surface area contributed by atoms with Crippen LogP contribution in [0.1, 0.15) is 58.3 Å². The SMILES string of the molecule is CCCCCCCCCC(O)C[N+](C)(C)[BH2-]C#N. The zero-order valence-corrected chi connectivity index (χ0v) is 12.8. The Morgan fingerprint density at radius 3 is 2.22 bits per heavy atom. The molecule has 106 valence electrons. The molecule has 0 spiro atoms. The first kappa shape index (κ1) is 17.5. The Labute approximate surface area is 114 Å². The van der Waals surface area contributed by atoms with Gasteiger partial charge in [0.15, 0.2) is 0 Å². The van der Waals surface area contributed by atoms with Crippen molar-refractivity contribution in [3.63, 3.8) is 0 Å². The van der Waals surface area contributed by atoms with Gasteiger partial charge in [-0.3, -0.25) is 0 Å². The van der Waals surface area contributed by atoms with Crippen LogP contribution in [0.2, 0.25) is 0 Å². The van der Waals surface area contributed by atoms with Crippen molar-refractivity contribution >= 4 is 7.41 Å². The minimum absolute atomic E-state index is 0.229. The van der Waals surface area contributed by atoms with Crippen LogP contribution in [0.25, 0.3) is 0 Å². The van der Waals surface area contributed by atoms with Gasteiger partial charge in [-0.15, -0.1) is 0 Å². The summed E-state index contributed by atoms with van der Waals surface area (Å²) in [5, 5.41) is 18.7. The predicted molar refractivity (Wildman–Crippen MR) is 79.7 cm³/mol. The summed E-state index contributed by atoms with van der Waals surface area (Å²) in [6.07, 6.45) is 9.68. The number of aliphatic hydroxyl groups is 1. The molecule has 0 amide bonds. The number of nitrogens with zero attached hydrogens (tertiary/aromatic N) is 2. The van der Waals surface area contributed by atoms with Gasteiger partial charge in [0.2, 0.25) is 0 Å². The van der Waals surface area contributed by atoms with E-state index in [0.29, 0.717) is 4.39 Å². The topological polar surface area (TPSA) is 44.0 Å². The van der Waals surface area contributed by atoms with Gasteiger partial charge in [-0.05, 0) is 6.42 Å². The van der Waals surface area contributed by atoms with Gasteiger partial charge < -0.3 is 9.50 Å². The van der Waals surface area contributed by atoms with Crippen molar-refractivity contribution in [3.8, 4) is 5.97 Å². The molecule has 4 heteroatoms. The summed E-state index contributed by atoms with van der Waals surface area (Å²) < 4.78 is 0.716. The monoisotopic (exact) mass is 254 g/mol. The Morgan fingerprint density at radius 2 is 1.67 bits per heavy atom. The third kappa shape index (κ3) is 10.6. The fraction of sp³-hybridized carbons (Fsp3) is 0.929. The number of hydrogen-bond acceptors (Lipinski definition) is 2. The molecular weight excluding hydrogens is 223 g/mol. The van der Waals surface area contributed by atoms with Crippen molar-refractivity contribution in [2.45, 2.75) is 64.4 Å². The summed E-state index contributed by atoms with van der Waals surface area (Å²) >= 11 is 0. The molecular formula is C14H31BN2O. The highest BCUT2D eigenvalue weighted by atomic mass is 16.3. The number of rotatable bonds is 11. The lowest BCUT2D eigenvalue weighted by molar-refractivity contribution is -0.781. The number of quaternary nitrogens is 1. The largest absolute Gasteiger partial charge is 0.511 e. The van der Waals surface area contributed by atoms with Crippen LogP contribution in [0, 0.1) is 11.2 Å². The smallest absolute Gasteiger partial charge is 0.281 e. The summed E-state index contributed by atoms with van der Waals surface area (Å²) in [5.41, 5.74) is 0. The second kappa shape index (κ2) is 10.4. The molecule has 1 N–H and O–H groups in total. The number of aliphatic hydroxyl groups excluding tert-OH is 1. The molecule has 0 bridgehead atoms. The van der Waals surface area contributed by atoms with E-state index < -0.39 is 7.41 Å². The number of hydrogen-bond donors (Lipinski definition) is 1. The van der Waals surface area contributed by atoms with Crippen molar-refractivity contribution < 1.29 is 9.50 Å². The molecule has 0 radical (unpaired) electrons. The molecule has 0 aliphatic rings. The van der Waals surface area contributed by atoms with Gasteiger partial charge in [0, 0.05) is 14.1 Å². The van der Waals surface area contributed by atoms with Crippen LogP contribution in [0.5, 0.6) is 0 Å². The molecule has 0 aromatic heterocycles. The summed E-state index contributed by atoms with van der Waals surface area (Å²) in [6, 6.07) is 0. The normalized spacial score (nSPS) is 13.3. The van der Waals surface area contributed by atoms with Crippen LogP contribution in [0.3, 0.4) is 0 Å². The maximum atomic E-state index is 9.95. The van der Waals surface area contributed by atoms with Gasteiger partial charge in [-0.2, -0.15) is 0 Å². The third-order valence-corrected chi connectivity index (χ3v) is 3.60. The van der Waals surface area contributed by atoms with E-state index in [0.717, 1.165) is 19.4 Å². The van der Waals surface area contributed by atoms with Crippen LogP contribution >= 0.6 is 0 Å². The molecule has 0 aliphatic heterocycles. The highest BCUT2D eigenvalue weighted by Crippen LogP contribution is 2.11. The van der Waals surface area contributed by atoms with Crippen molar-refractivity contribution in [2.24, 2.45) is 0 Å². The van der Waals surface area contributed by atoms with E-state index in [4.69, 9.17) is 5.26 Å². The molecule has 0 heterocycles. The standard InChI is InChI=1S/C14H31BN2O/c1-4-5-6-7-8-9-10-11-14(18)12-17(2,3)15-13-16/h14,18H,4-12,15H2,1-3H3. The predicted octanol–water partition coefficient (Wildman–Crippen LogP) is 2.13. The maximum absolute atomic E-state index is 9.95. The minimum Gasteiger partial charge on any atom is -0.511 e. The molecule has 0 rings (SSSR count). The lowest BCUT2D eigenvalue weighted by atomic mass is 9.90. The van der Waals surface area contributed by atoms with Crippen molar-refractivity contribution in [1.82, 2.24) is 0 Å². The number of unbranched alkanes of at least 4 members (excludes halogenated alkanes) is 6. The summed E-state index contributed by atoms with van der Waals surface area (Å²) in [7, 11) is 3.47. The fourth-order valence-corrected chi connectivity index (χ4v) is 2.42. The first-order chi connectivity index (χ1) is 8.52. The van der Waals surface area contributed by atoms with Crippen LogP contribution in [-0.2, 0) is 0 Å². The Bertz CT molecular complexity index is 238. The molecule has 3 nitrogen and oxygen atoms in total. The Morgan fingerprint density at radius 1 is 1.11 bits per heavy atom. The highest BCUT2D eigenvalue weighted by molar-refractivity contribution is 6.36.